The molecule has 128 valence electrons. The van der Waals surface area contributed by atoms with Crippen molar-refractivity contribution in [2.45, 2.75) is 0 Å². The number of hydrogen-bond acceptors (Lipinski definition) is 2. The molecule has 6 rings (SSSR count). The maximum Gasteiger partial charge on any atom is 0.143 e. The Hall–Kier alpha value is -3.23. The quantitative estimate of drug-likeness (QED) is 0.296. The van der Waals surface area contributed by atoms with Gasteiger partial charge in [-0.3, -0.25) is 0 Å². The maximum atomic E-state index is 6.17. The minimum atomic E-state index is 0.673. The van der Waals surface area contributed by atoms with Gasteiger partial charge < -0.3 is 8.83 Å². The van der Waals surface area contributed by atoms with Crippen molar-refractivity contribution >= 4 is 55.5 Å². The molecule has 0 aliphatic heterocycles. The molecule has 2 nitrogen and oxygen atoms in total. The smallest absolute Gasteiger partial charge is 0.143 e. The first kappa shape index (κ1) is 14.9. The second-order valence-electron chi connectivity index (χ2n) is 6.73. The first-order valence-electron chi connectivity index (χ1n) is 8.80. The molecule has 0 aliphatic rings. The molecule has 0 radical (unpaired) electrons. The van der Waals surface area contributed by atoms with Crippen LogP contribution >= 0.6 is 11.6 Å². The van der Waals surface area contributed by atoms with Crippen molar-refractivity contribution in [3.05, 3.63) is 83.9 Å². The Labute approximate surface area is 159 Å². The van der Waals surface area contributed by atoms with Crippen molar-refractivity contribution in [1.29, 1.82) is 0 Å². The number of hydrogen-bond donors (Lipinski definition) is 0. The predicted octanol–water partition coefficient (Wildman–Crippen LogP) is 7.81. The van der Waals surface area contributed by atoms with Crippen molar-refractivity contribution in [3.8, 4) is 11.1 Å². The summed E-state index contributed by atoms with van der Waals surface area (Å²) in [6, 6.07) is 26.4. The summed E-state index contributed by atoms with van der Waals surface area (Å²) in [5.74, 6) is 0. The van der Waals surface area contributed by atoms with Gasteiger partial charge in [-0.05, 0) is 35.9 Å². The zero-order chi connectivity index (χ0) is 18.0. The molecule has 0 spiro atoms. The molecular formula is C24H13ClO2. The van der Waals surface area contributed by atoms with Crippen LogP contribution in [0.1, 0.15) is 0 Å². The minimum Gasteiger partial charge on any atom is -0.456 e. The standard InChI is InChI=1S/C24H13ClO2/c25-15-9-11-19-20-6-3-5-16(24(20)27-23(19)13-15)14-8-10-18-17-4-1-2-7-21(17)26-22(18)12-14/h1-13H. The fourth-order valence-electron chi connectivity index (χ4n) is 3.89. The lowest BCUT2D eigenvalue weighted by Gasteiger charge is -2.02. The molecule has 0 bridgehead atoms. The molecular weight excluding hydrogens is 356 g/mol. The summed E-state index contributed by atoms with van der Waals surface area (Å²) >= 11 is 6.13. The van der Waals surface area contributed by atoms with Crippen molar-refractivity contribution in [1.82, 2.24) is 0 Å². The first-order chi connectivity index (χ1) is 13.3. The van der Waals surface area contributed by atoms with E-state index in [0.717, 1.165) is 55.0 Å². The first-order valence-corrected chi connectivity index (χ1v) is 9.18. The van der Waals surface area contributed by atoms with Crippen molar-refractivity contribution in [3.63, 3.8) is 0 Å². The average molecular weight is 369 g/mol. The molecule has 27 heavy (non-hydrogen) atoms. The molecule has 0 aliphatic carbocycles. The van der Waals surface area contributed by atoms with E-state index in [0.29, 0.717) is 5.02 Å². The van der Waals surface area contributed by atoms with Gasteiger partial charge in [0.15, 0.2) is 0 Å². The van der Waals surface area contributed by atoms with Crippen LogP contribution < -0.4 is 0 Å². The van der Waals surface area contributed by atoms with Gasteiger partial charge in [0, 0.05) is 38.2 Å². The molecule has 2 aromatic heterocycles. The number of halogens is 1. The van der Waals surface area contributed by atoms with Gasteiger partial charge in [-0.25, -0.2) is 0 Å². The minimum absolute atomic E-state index is 0.673. The van der Waals surface area contributed by atoms with Gasteiger partial charge in [0.2, 0.25) is 0 Å². The highest BCUT2D eigenvalue weighted by molar-refractivity contribution is 6.31. The highest BCUT2D eigenvalue weighted by Crippen LogP contribution is 2.38. The topological polar surface area (TPSA) is 26.3 Å². The Balaban J connectivity index is 1.64. The van der Waals surface area contributed by atoms with Gasteiger partial charge >= 0.3 is 0 Å². The number of fused-ring (bicyclic) bond motifs is 6. The third-order valence-electron chi connectivity index (χ3n) is 5.15. The summed E-state index contributed by atoms with van der Waals surface area (Å²) in [5.41, 5.74) is 5.56. The van der Waals surface area contributed by atoms with E-state index in [-0.39, 0.29) is 0 Å². The summed E-state index contributed by atoms with van der Waals surface area (Å²) in [5, 5.41) is 5.09. The van der Waals surface area contributed by atoms with E-state index >= 15 is 0 Å². The van der Waals surface area contributed by atoms with Crippen LogP contribution in [0.25, 0.3) is 55.0 Å². The lowest BCUT2D eigenvalue weighted by atomic mass is 10.0. The average Bonchev–Trinajstić information content (AvgIpc) is 3.24. The fraction of sp³-hybridized carbons (Fsp3) is 0. The molecule has 4 aromatic carbocycles. The summed E-state index contributed by atoms with van der Waals surface area (Å²) in [6.07, 6.45) is 0. The Morgan fingerprint density at radius 3 is 2.26 bits per heavy atom. The predicted molar refractivity (Wildman–Crippen MR) is 111 cm³/mol. The third-order valence-corrected chi connectivity index (χ3v) is 5.39. The Kier molecular flexibility index (Phi) is 2.97. The monoisotopic (exact) mass is 368 g/mol. The number of para-hydroxylation sites is 2. The molecule has 0 atom stereocenters. The SMILES string of the molecule is Clc1ccc2c(c1)oc1c(-c3ccc4c(c3)oc3ccccc34)cccc12. The normalized spacial score (nSPS) is 11.9. The molecule has 0 unspecified atom stereocenters. The largest absolute Gasteiger partial charge is 0.456 e. The van der Waals surface area contributed by atoms with Gasteiger partial charge in [0.05, 0.1) is 0 Å². The molecule has 0 saturated heterocycles. The highest BCUT2D eigenvalue weighted by Gasteiger charge is 2.14. The summed E-state index contributed by atoms with van der Waals surface area (Å²) in [4.78, 5) is 0. The van der Waals surface area contributed by atoms with E-state index in [1.54, 1.807) is 0 Å². The molecule has 3 heteroatoms. The highest BCUT2D eigenvalue weighted by atomic mass is 35.5. The van der Waals surface area contributed by atoms with Crippen LogP contribution in [-0.4, -0.2) is 0 Å². The second-order valence-corrected chi connectivity index (χ2v) is 7.17. The van der Waals surface area contributed by atoms with Gasteiger partial charge in [-0.15, -0.1) is 0 Å². The van der Waals surface area contributed by atoms with Crippen LogP contribution in [0.2, 0.25) is 5.02 Å². The third kappa shape index (κ3) is 2.14. The van der Waals surface area contributed by atoms with Crippen LogP contribution in [0.4, 0.5) is 0 Å². The summed E-state index contributed by atoms with van der Waals surface area (Å²) < 4.78 is 12.2. The van der Waals surface area contributed by atoms with Crippen LogP contribution in [-0.2, 0) is 0 Å². The lowest BCUT2D eigenvalue weighted by Crippen LogP contribution is -1.78. The molecule has 6 aromatic rings. The fourth-order valence-corrected chi connectivity index (χ4v) is 4.06. The summed E-state index contributed by atoms with van der Waals surface area (Å²) in [7, 11) is 0. The van der Waals surface area contributed by atoms with Gasteiger partial charge in [-0.1, -0.05) is 54.1 Å². The zero-order valence-electron chi connectivity index (χ0n) is 14.2. The number of rotatable bonds is 1. The molecule has 0 fully saturated rings. The Morgan fingerprint density at radius 2 is 1.30 bits per heavy atom. The zero-order valence-corrected chi connectivity index (χ0v) is 15.0. The van der Waals surface area contributed by atoms with Gasteiger partial charge in [0.25, 0.3) is 0 Å². The van der Waals surface area contributed by atoms with Crippen LogP contribution in [0.3, 0.4) is 0 Å². The van der Waals surface area contributed by atoms with E-state index in [1.807, 2.05) is 36.4 Å². The van der Waals surface area contributed by atoms with E-state index in [2.05, 4.69) is 42.5 Å². The van der Waals surface area contributed by atoms with Gasteiger partial charge in [-0.2, -0.15) is 0 Å². The number of benzene rings is 4. The van der Waals surface area contributed by atoms with E-state index in [9.17, 15) is 0 Å². The van der Waals surface area contributed by atoms with E-state index < -0.39 is 0 Å². The summed E-state index contributed by atoms with van der Waals surface area (Å²) in [6.45, 7) is 0. The molecule has 0 amide bonds. The van der Waals surface area contributed by atoms with Crippen LogP contribution in [0.15, 0.2) is 87.7 Å². The Bertz CT molecular complexity index is 1490. The molecule has 0 saturated carbocycles. The van der Waals surface area contributed by atoms with E-state index in [4.69, 9.17) is 20.4 Å². The van der Waals surface area contributed by atoms with Gasteiger partial charge in [0.1, 0.15) is 22.3 Å². The van der Waals surface area contributed by atoms with Crippen LogP contribution in [0.5, 0.6) is 0 Å². The second kappa shape index (κ2) is 5.38. The van der Waals surface area contributed by atoms with Crippen molar-refractivity contribution in [2.75, 3.05) is 0 Å². The van der Waals surface area contributed by atoms with Crippen molar-refractivity contribution < 1.29 is 8.83 Å². The maximum absolute atomic E-state index is 6.17. The van der Waals surface area contributed by atoms with Crippen LogP contribution in [0, 0.1) is 0 Å². The molecule has 0 N–H and O–H groups in total. The lowest BCUT2D eigenvalue weighted by molar-refractivity contribution is 0.668. The Morgan fingerprint density at radius 1 is 0.556 bits per heavy atom. The van der Waals surface area contributed by atoms with Crippen molar-refractivity contribution in [2.24, 2.45) is 0 Å². The molecule has 2 heterocycles. The number of furan rings is 2. The van der Waals surface area contributed by atoms with E-state index in [1.165, 1.54) is 0 Å².